The minimum absolute atomic E-state index is 0.144. The molecule has 1 aromatic carbocycles. The van der Waals surface area contributed by atoms with Crippen molar-refractivity contribution in [1.29, 1.82) is 0 Å². The van der Waals surface area contributed by atoms with E-state index in [0.29, 0.717) is 17.3 Å². The van der Waals surface area contributed by atoms with Crippen LogP contribution in [0.5, 0.6) is 5.88 Å². The number of para-hydroxylation sites is 1. The minimum atomic E-state index is -0.284. The van der Waals surface area contributed by atoms with E-state index in [2.05, 4.69) is 15.5 Å². The molecule has 21 heavy (non-hydrogen) atoms. The number of hydrogen-bond donors (Lipinski definition) is 1. The van der Waals surface area contributed by atoms with Gasteiger partial charge in [-0.1, -0.05) is 18.2 Å². The Bertz CT molecular complexity index is 777. The highest BCUT2D eigenvalue weighted by atomic mass is 16.5. The van der Waals surface area contributed by atoms with Crippen molar-refractivity contribution in [2.75, 3.05) is 11.9 Å². The fourth-order valence-corrected chi connectivity index (χ4v) is 1.94. The molecule has 0 aliphatic rings. The number of anilines is 1. The van der Waals surface area contributed by atoms with Gasteiger partial charge in [-0.3, -0.25) is 9.78 Å². The average Bonchev–Trinajstić information content (AvgIpc) is 2.91. The number of pyridine rings is 1. The Labute approximate surface area is 120 Å². The molecule has 3 rings (SSSR count). The number of aryl methyl sites for hydroxylation is 1. The van der Waals surface area contributed by atoms with Crippen molar-refractivity contribution in [2.45, 2.75) is 6.92 Å². The second-order valence-electron chi connectivity index (χ2n) is 4.49. The third kappa shape index (κ3) is 3.00. The Morgan fingerprint density at radius 2 is 2.19 bits per heavy atom. The summed E-state index contributed by atoms with van der Waals surface area (Å²) in [4.78, 5) is 16.2. The van der Waals surface area contributed by atoms with Gasteiger partial charge in [-0.25, -0.2) is 0 Å². The van der Waals surface area contributed by atoms with Crippen LogP contribution in [0.4, 0.5) is 5.69 Å². The molecule has 0 fully saturated rings. The molecular weight excluding hydrogens is 270 g/mol. The number of carbonyl (C=O) groups is 1. The van der Waals surface area contributed by atoms with Crippen LogP contribution in [0.15, 0.2) is 47.1 Å². The predicted octanol–water partition coefficient (Wildman–Crippen LogP) is 2.55. The van der Waals surface area contributed by atoms with E-state index in [9.17, 15) is 4.79 Å². The van der Waals surface area contributed by atoms with Crippen LogP contribution in [0.25, 0.3) is 10.9 Å². The summed E-state index contributed by atoms with van der Waals surface area (Å²) in [6.45, 7) is 1.61. The van der Waals surface area contributed by atoms with Gasteiger partial charge < -0.3 is 14.6 Å². The van der Waals surface area contributed by atoms with Crippen LogP contribution in [-0.2, 0) is 4.79 Å². The summed E-state index contributed by atoms with van der Waals surface area (Å²) in [7, 11) is 0. The molecule has 0 bridgehead atoms. The van der Waals surface area contributed by atoms with E-state index in [1.165, 1.54) is 0 Å². The number of hydrogen-bond acceptors (Lipinski definition) is 5. The molecule has 0 saturated heterocycles. The number of carbonyl (C=O) groups excluding carboxylic acids is 1. The number of aromatic nitrogens is 2. The number of amides is 1. The molecule has 6 nitrogen and oxygen atoms in total. The second kappa shape index (κ2) is 5.62. The molecular formula is C15H13N3O3. The standard InChI is InChI=1S/C15H13N3O3/c1-10-8-14(18-21-10)20-9-13(19)17-12-6-2-4-11-5-3-7-16-15(11)12/h2-8H,9H2,1H3,(H,17,19). The quantitative estimate of drug-likeness (QED) is 0.796. The zero-order valence-electron chi connectivity index (χ0n) is 11.4. The van der Waals surface area contributed by atoms with Gasteiger partial charge in [-0.05, 0) is 24.2 Å². The Kier molecular flexibility index (Phi) is 3.51. The zero-order chi connectivity index (χ0) is 14.7. The fourth-order valence-electron chi connectivity index (χ4n) is 1.94. The molecule has 1 N–H and O–H groups in total. The molecule has 0 spiro atoms. The number of fused-ring (bicyclic) bond motifs is 1. The minimum Gasteiger partial charge on any atom is -0.465 e. The van der Waals surface area contributed by atoms with Crippen molar-refractivity contribution >= 4 is 22.5 Å². The topological polar surface area (TPSA) is 77.2 Å². The van der Waals surface area contributed by atoms with Crippen molar-refractivity contribution in [1.82, 2.24) is 10.1 Å². The summed E-state index contributed by atoms with van der Waals surface area (Å²) in [5.41, 5.74) is 1.39. The van der Waals surface area contributed by atoms with E-state index in [-0.39, 0.29) is 12.5 Å². The molecule has 0 aliphatic heterocycles. The lowest BCUT2D eigenvalue weighted by molar-refractivity contribution is -0.118. The number of ether oxygens (including phenoxy) is 1. The van der Waals surface area contributed by atoms with E-state index in [1.54, 1.807) is 25.3 Å². The van der Waals surface area contributed by atoms with Crippen LogP contribution in [0.3, 0.4) is 0 Å². The summed E-state index contributed by atoms with van der Waals surface area (Å²) in [6, 6.07) is 11.0. The molecule has 0 saturated carbocycles. The van der Waals surface area contributed by atoms with Crippen molar-refractivity contribution in [3.63, 3.8) is 0 Å². The van der Waals surface area contributed by atoms with E-state index >= 15 is 0 Å². The molecule has 2 heterocycles. The van der Waals surface area contributed by atoms with Gasteiger partial charge in [-0.15, -0.1) is 0 Å². The van der Waals surface area contributed by atoms with E-state index in [0.717, 1.165) is 10.9 Å². The smallest absolute Gasteiger partial charge is 0.262 e. The van der Waals surface area contributed by atoms with Gasteiger partial charge in [0.05, 0.1) is 11.2 Å². The predicted molar refractivity (Wildman–Crippen MR) is 77.1 cm³/mol. The van der Waals surface area contributed by atoms with Gasteiger partial charge in [0.15, 0.2) is 6.61 Å². The molecule has 0 atom stereocenters. The first-order chi connectivity index (χ1) is 10.2. The molecule has 6 heteroatoms. The van der Waals surface area contributed by atoms with Crippen LogP contribution in [0.2, 0.25) is 0 Å². The summed E-state index contributed by atoms with van der Waals surface area (Å²) in [6.07, 6.45) is 1.69. The molecule has 0 unspecified atom stereocenters. The Balaban J connectivity index is 1.69. The number of nitrogens with zero attached hydrogens (tertiary/aromatic N) is 2. The third-order valence-electron chi connectivity index (χ3n) is 2.86. The first-order valence-electron chi connectivity index (χ1n) is 6.42. The lowest BCUT2D eigenvalue weighted by atomic mass is 10.2. The highest BCUT2D eigenvalue weighted by Gasteiger charge is 2.09. The van der Waals surface area contributed by atoms with Gasteiger partial charge >= 0.3 is 0 Å². The van der Waals surface area contributed by atoms with Crippen molar-refractivity contribution < 1.29 is 14.1 Å². The lowest BCUT2D eigenvalue weighted by Crippen LogP contribution is -2.20. The Morgan fingerprint density at radius 1 is 1.33 bits per heavy atom. The molecule has 0 aliphatic carbocycles. The number of nitrogens with one attached hydrogen (secondary N) is 1. The van der Waals surface area contributed by atoms with Crippen molar-refractivity contribution in [2.24, 2.45) is 0 Å². The summed E-state index contributed by atoms with van der Waals surface area (Å²) in [5.74, 6) is 0.635. The largest absolute Gasteiger partial charge is 0.465 e. The zero-order valence-corrected chi connectivity index (χ0v) is 11.4. The van der Waals surface area contributed by atoms with E-state index in [1.807, 2.05) is 24.3 Å². The van der Waals surface area contributed by atoms with Crippen LogP contribution in [0, 0.1) is 6.92 Å². The first-order valence-corrected chi connectivity index (χ1v) is 6.42. The molecule has 2 aromatic heterocycles. The third-order valence-corrected chi connectivity index (χ3v) is 2.86. The highest BCUT2D eigenvalue weighted by Crippen LogP contribution is 2.20. The maximum absolute atomic E-state index is 11.9. The van der Waals surface area contributed by atoms with Crippen LogP contribution < -0.4 is 10.1 Å². The van der Waals surface area contributed by atoms with Gasteiger partial charge in [0.2, 0.25) is 0 Å². The van der Waals surface area contributed by atoms with Gasteiger partial charge in [0.25, 0.3) is 11.8 Å². The Morgan fingerprint density at radius 3 is 3.00 bits per heavy atom. The highest BCUT2D eigenvalue weighted by molar-refractivity contribution is 6.00. The first kappa shape index (κ1) is 13.1. The van der Waals surface area contributed by atoms with Crippen LogP contribution in [0.1, 0.15) is 5.76 Å². The number of benzene rings is 1. The van der Waals surface area contributed by atoms with E-state index < -0.39 is 0 Å². The summed E-state index contributed by atoms with van der Waals surface area (Å²) >= 11 is 0. The Hall–Kier alpha value is -2.89. The van der Waals surface area contributed by atoms with Crippen molar-refractivity contribution in [3.8, 4) is 5.88 Å². The van der Waals surface area contributed by atoms with Crippen molar-refractivity contribution in [3.05, 3.63) is 48.4 Å². The number of rotatable bonds is 4. The lowest BCUT2D eigenvalue weighted by Gasteiger charge is -2.07. The fraction of sp³-hybridized carbons (Fsp3) is 0.133. The van der Waals surface area contributed by atoms with Gasteiger partial charge in [0, 0.05) is 17.6 Å². The summed E-state index contributed by atoms with van der Waals surface area (Å²) < 4.78 is 10.1. The average molecular weight is 283 g/mol. The van der Waals surface area contributed by atoms with E-state index in [4.69, 9.17) is 9.26 Å². The van der Waals surface area contributed by atoms with Crippen LogP contribution >= 0.6 is 0 Å². The van der Waals surface area contributed by atoms with Gasteiger partial charge in [0.1, 0.15) is 5.76 Å². The molecule has 0 radical (unpaired) electrons. The maximum atomic E-state index is 11.9. The normalized spacial score (nSPS) is 10.5. The summed E-state index contributed by atoms with van der Waals surface area (Å²) in [5, 5.41) is 7.39. The second-order valence-corrected chi connectivity index (χ2v) is 4.49. The molecule has 106 valence electrons. The molecule has 3 aromatic rings. The maximum Gasteiger partial charge on any atom is 0.262 e. The van der Waals surface area contributed by atoms with Gasteiger partial charge in [-0.2, -0.15) is 0 Å². The SMILES string of the molecule is Cc1cc(OCC(=O)Nc2cccc3cccnc23)no1. The van der Waals surface area contributed by atoms with Crippen LogP contribution in [-0.4, -0.2) is 22.7 Å². The molecule has 1 amide bonds. The monoisotopic (exact) mass is 283 g/mol.